The zero-order valence-corrected chi connectivity index (χ0v) is 13.1. The Balaban J connectivity index is 1.72. The summed E-state index contributed by atoms with van der Waals surface area (Å²) < 4.78 is 5.39. The van der Waals surface area contributed by atoms with Crippen molar-refractivity contribution in [1.82, 2.24) is 9.97 Å². The highest BCUT2D eigenvalue weighted by atomic mass is 16.6. The van der Waals surface area contributed by atoms with Crippen molar-refractivity contribution in [3.63, 3.8) is 0 Å². The van der Waals surface area contributed by atoms with Crippen LogP contribution >= 0.6 is 0 Å². The van der Waals surface area contributed by atoms with Gasteiger partial charge < -0.3 is 10.1 Å². The smallest absolute Gasteiger partial charge is 0.306 e. The summed E-state index contributed by atoms with van der Waals surface area (Å²) in [6.07, 6.45) is 8.20. The van der Waals surface area contributed by atoms with Gasteiger partial charge >= 0.3 is 5.97 Å². The summed E-state index contributed by atoms with van der Waals surface area (Å²) in [5.41, 5.74) is -0.388. The van der Waals surface area contributed by atoms with E-state index in [2.05, 4.69) is 15.3 Å². The van der Waals surface area contributed by atoms with Crippen LogP contribution in [0.15, 0.2) is 18.5 Å². The number of ether oxygens (including phenoxy) is 1. The highest BCUT2D eigenvalue weighted by molar-refractivity contribution is 5.70. The summed E-state index contributed by atoms with van der Waals surface area (Å²) in [6.45, 7) is 5.72. The molecule has 2 rings (SSSR count). The Hall–Kier alpha value is -1.65. The molecule has 1 aromatic rings. The maximum Gasteiger partial charge on any atom is 0.306 e. The van der Waals surface area contributed by atoms with Crippen LogP contribution in [0.3, 0.4) is 0 Å². The lowest BCUT2D eigenvalue weighted by molar-refractivity contribution is -0.156. The van der Waals surface area contributed by atoms with Gasteiger partial charge in [0.1, 0.15) is 5.60 Å². The Morgan fingerprint density at radius 3 is 2.43 bits per heavy atom. The van der Waals surface area contributed by atoms with E-state index in [4.69, 9.17) is 4.74 Å². The number of carbonyl (C=O) groups is 1. The maximum atomic E-state index is 11.8. The van der Waals surface area contributed by atoms with Gasteiger partial charge in [-0.05, 0) is 58.4 Å². The lowest BCUT2D eigenvalue weighted by Crippen LogP contribution is -2.30. The fourth-order valence-electron chi connectivity index (χ4n) is 2.69. The molecule has 0 atom stereocenters. The minimum atomic E-state index is -0.388. The highest BCUT2D eigenvalue weighted by Crippen LogP contribution is 2.29. The number of carbonyl (C=O) groups excluding carboxylic acids is 1. The van der Waals surface area contributed by atoms with E-state index in [-0.39, 0.29) is 11.6 Å². The minimum Gasteiger partial charge on any atom is -0.460 e. The first-order valence-corrected chi connectivity index (χ1v) is 7.68. The number of esters is 1. The monoisotopic (exact) mass is 291 g/mol. The zero-order chi connectivity index (χ0) is 15.3. The van der Waals surface area contributed by atoms with Gasteiger partial charge in [0.25, 0.3) is 0 Å². The molecule has 0 unspecified atom stereocenters. The quantitative estimate of drug-likeness (QED) is 0.863. The van der Waals surface area contributed by atoms with Crippen LogP contribution in [0.2, 0.25) is 0 Å². The van der Waals surface area contributed by atoms with E-state index in [1.807, 2.05) is 26.8 Å². The molecule has 0 saturated heterocycles. The molecule has 0 spiro atoms. The van der Waals surface area contributed by atoms with E-state index >= 15 is 0 Å². The Kier molecular flexibility index (Phi) is 5.15. The van der Waals surface area contributed by atoms with Gasteiger partial charge in [-0.2, -0.15) is 0 Å². The second-order valence-electron chi connectivity index (χ2n) is 6.72. The number of anilines is 1. The number of rotatable bonds is 4. The topological polar surface area (TPSA) is 64.1 Å². The molecule has 0 amide bonds. The van der Waals surface area contributed by atoms with Crippen molar-refractivity contribution in [2.45, 2.75) is 64.5 Å². The van der Waals surface area contributed by atoms with Crippen molar-refractivity contribution in [2.24, 2.45) is 5.92 Å². The first-order valence-electron chi connectivity index (χ1n) is 7.68. The molecule has 1 heterocycles. The van der Waals surface area contributed by atoms with Crippen LogP contribution in [-0.2, 0) is 9.53 Å². The molecule has 5 heteroatoms. The average molecular weight is 291 g/mol. The SMILES string of the molecule is CC(C)(C)OC(=O)CC1CCC(Nc2ncccn2)CC1. The number of hydrogen-bond acceptors (Lipinski definition) is 5. The second kappa shape index (κ2) is 6.87. The first-order chi connectivity index (χ1) is 9.92. The molecule has 0 aromatic carbocycles. The van der Waals surface area contributed by atoms with Crippen LogP contribution in [0.5, 0.6) is 0 Å². The molecule has 1 aliphatic carbocycles. The summed E-state index contributed by atoms with van der Waals surface area (Å²) >= 11 is 0. The van der Waals surface area contributed by atoms with Crippen molar-refractivity contribution in [2.75, 3.05) is 5.32 Å². The molecule has 0 radical (unpaired) electrons. The van der Waals surface area contributed by atoms with Crippen molar-refractivity contribution in [1.29, 1.82) is 0 Å². The van der Waals surface area contributed by atoms with Crippen LogP contribution in [0.4, 0.5) is 5.95 Å². The van der Waals surface area contributed by atoms with Gasteiger partial charge in [-0.3, -0.25) is 4.79 Å². The summed E-state index contributed by atoms with van der Waals surface area (Å²) in [5.74, 6) is 1.05. The van der Waals surface area contributed by atoms with E-state index in [9.17, 15) is 4.79 Å². The maximum absolute atomic E-state index is 11.8. The predicted molar refractivity (Wildman–Crippen MR) is 81.9 cm³/mol. The molecule has 1 fully saturated rings. The van der Waals surface area contributed by atoms with E-state index in [0.29, 0.717) is 24.3 Å². The van der Waals surface area contributed by atoms with Gasteiger partial charge in [0.05, 0.1) is 0 Å². The van der Waals surface area contributed by atoms with Crippen LogP contribution in [0.25, 0.3) is 0 Å². The van der Waals surface area contributed by atoms with Crippen LogP contribution in [-0.4, -0.2) is 27.6 Å². The van der Waals surface area contributed by atoms with Gasteiger partial charge in [0.15, 0.2) is 0 Å². The van der Waals surface area contributed by atoms with Gasteiger partial charge in [0, 0.05) is 24.9 Å². The standard InChI is InChI=1S/C16H25N3O2/c1-16(2,3)21-14(20)11-12-5-7-13(8-6-12)19-15-17-9-4-10-18-15/h4,9-10,12-13H,5-8,11H2,1-3H3,(H,17,18,19). The first kappa shape index (κ1) is 15.7. The lowest BCUT2D eigenvalue weighted by Gasteiger charge is -2.29. The summed E-state index contributed by atoms with van der Waals surface area (Å²) in [6, 6.07) is 2.21. The molecule has 1 saturated carbocycles. The number of hydrogen-bond donors (Lipinski definition) is 1. The van der Waals surface area contributed by atoms with Gasteiger partial charge in [-0.25, -0.2) is 9.97 Å². The van der Waals surface area contributed by atoms with Crippen molar-refractivity contribution in [3.8, 4) is 0 Å². The summed E-state index contributed by atoms with van der Waals surface area (Å²) in [4.78, 5) is 20.2. The molecule has 116 valence electrons. The van der Waals surface area contributed by atoms with Gasteiger partial charge in [-0.15, -0.1) is 0 Å². The number of nitrogens with zero attached hydrogens (tertiary/aromatic N) is 2. The Labute approximate surface area is 126 Å². The van der Waals surface area contributed by atoms with Crippen LogP contribution < -0.4 is 5.32 Å². The Bertz CT molecular complexity index is 448. The molecule has 0 aliphatic heterocycles. The van der Waals surface area contributed by atoms with E-state index in [0.717, 1.165) is 25.7 Å². The third-order valence-corrected chi connectivity index (χ3v) is 3.62. The fourth-order valence-corrected chi connectivity index (χ4v) is 2.69. The third kappa shape index (κ3) is 5.69. The molecular formula is C16H25N3O2. The third-order valence-electron chi connectivity index (χ3n) is 3.62. The van der Waals surface area contributed by atoms with Gasteiger partial charge in [-0.1, -0.05) is 0 Å². The minimum absolute atomic E-state index is 0.0784. The predicted octanol–water partition coefficient (Wildman–Crippen LogP) is 3.18. The van der Waals surface area contributed by atoms with Crippen LogP contribution in [0, 0.1) is 5.92 Å². The van der Waals surface area contributed by atoms with Crippen molar-refractivity contribution in [3.05, 3.63) is 18.5 Å². The molecule has 1 N–H and O–H groups in total. The summed E-state index contributed by atoms with van der Waals surface area (Å²) in [5, 5.41) is 3.35. The van der Waals surface area contributed by atoms with Crippen LogP contribution in [0.1, 0.15) is 52.9 Å². The lowest BCUT2D eigenvalue weighted by atomic mass is 9.84. The molecule has 0 bridgehead atoms. The highest BCUT2D eigenvalue weighted by Gasteiger charge is 2.25. The molecule has 21 heavy (non-hydrogen) atoms. The van der Waals surface area contributed by atoms with E-state index in [1.54, 1.807) is 12.4 Å². The Morgan fingerprint density at radius 1 is 1.24 bits per heavy atom. The average Bonchev–Trinajstić information content (AvgIpc) is 2.40. The van der Waals surface area contributed by atoms with Crippen molar-refractivity contribution >= 4 is 11.9 Å². The largest absolute Gasteiger partial charge is 0.460 e. The fraction of sp³-hybridized carbons (Fsp3) is 0.688. The molecule has 1 aromatic heterocycles. The molecule has 1 aliphatic rings. The molecule has 5 nitrogen and oxygen atoms in total. The number of aromatic nitrogens is 2. The van der Waals surface area contributed by atoms with Gasteiger partial charge in [0.2, 0.25) is 5.95 Å². The Morgan fingerprint density at radius 2 is 1.86 bits per heavy atom. The summed E-state index contributed by atoms with van der Waals surface area (Å²) in [7, 11) is 0. The molecular weight excluding hydrogens is 266 g/mol. The number of nitrogens with one attached hydrogen (secondary N) is 1. The second-order valence-corrected chi connectivity index (χ2v) is 6.72. The zero-order valence-electron chi connectivity index (χ0n) is 13.1. The van der Waals surface area contributed by atoms with E-state index < -0.39 is 0 Å². The van der Waals surface area contributed by atoms with E-state index in [1.165, 1.54) is 0 Å². The van der Waals surface area contributed by atoms with Crippen molar-refractivity contribution < 1.29 is 9.53 Å². The normalized spacial score (nSPS) is 22.6.